The summed E-state index contributed by atoms with van der Waals surface area (Å²) in [5.74, 6) is -0.216. The highest BCUT2D eigenvalue weighted by Gasteiger charge is 2.32. The van der Waals surface area contributed by atoms with Gasteiger partial charge < -0.3 is 5.32 Å². The molecule has 1 atom stereocenters. The summed E-state index contributed by atoms with van der Waals surface area (Å²) in [5, 5.41) is 2.85. The van der Waals surface area contributed by atoms with Crippen LogP contribution >= 0.6 is 0 Å². The monoisotopic (exact) mass is 386 g/mol. The second-order valence-electron chi connectivity index (χ2n) is 6.87. The van der Waals surface area contributed by atoms with Crippen LogP contribution in [0.15, 0.2) is 59.5 Å². The third-order valence-electron chi connectivity index (χ3n) is 5.06. The molecule has 2 aromatic rings. The lowest BCUT2D eigenvalue weighted by Crippen LogP contribution is -2.43. The Kier molecular flexibility index (Phi) is 6.29. The van der Waals surface area contributed by atoms with Crippen molar-refractivity contribution in [2.45, 2.75) is 50.1 Å². The minimum absolute atomic E-state index is 0.0672. The van der Waals surface area contributed by atoms with Gasteiger partial charge in [-0.15, -0.1) is 0 Å². The third-order valence-corrected chi connectivity index (χ3v) is 7.03. The van der Waals surface area contributed by atoms with Gasteiger partial charge in [-0.25, -0.2) is 8.42 Å². The van der Waals surface area contributed by atoms with Gasteiger partial charge in [-0.3, -0.25) is 4.79 Å². The van der Waals surface area contributed by atoms with Crippen molar-refractivity contribution in [1.29, 1.82) is 0 Å². The summed E-state index contributed by atoms with van der Waals surface area (Å²) in [4.78, 5) is 12.6. The number of nitrogens with one attached hydrogen (secondary N) is 1. The Morgan fingerprint density at radius 3 is 2.44 bits per heavy atom. The maximum absolute atomic E-state index is 13.0. The van der Waals surface area contributed by atoms with Crippen molar-refractivity contribution >= 4 is 15.9 Å². The maximum Gasteiger partial charge on any atom is 0.251 e. The maximum atomic E-state index is 13.0. The summed E-state index contributed by atoms with van der Waals surface area (Å²) in [6.07, 6.45) is 3.70. The van der Waals surface area contributed by atoms with Crippen LogP contribution in [0.4, 0.5) is 0 Å². The molecule has 0 saturated carbocycles. The molecule has 2 aromatic carbocycles. The molecule has 5 nitrogen and oxygen atoms in total. The predicted molar refractivity (Wildman–Crippen MR) is 106 cm³/mol. The highest BCUT2D eigenvalue weighted by Crippen LogP contribution is 2.27. The quantitative estimate of drug-likeness (QED) is 0.825. The molecule has 1 heterocycles. The van der Waals surface area contributed by atoms with Crippen molar-refractivity contribution in [1.82, 2.24) is 9.62 Å². The van der Waals surface area contributed by atoms with E-state index in [0.29, 0.717) is 18.7 Å². The van der Waals surface area contributed by atoms with Crippen LogP contribution in [0.1, 0.15) is 48.5 Å². The van der Waals surface area contributed by atoms with E-state index in [1.807, 2.05) is 37.3 Å². The number of hydrogen-bond donors (Lipinski definition) is 1. The van der Waals surface area contributed by atoms with E-state index >= 15 is 0 Å². The average Bonchev–Trinajstić information content (AvgIpc) is 2.72. The molecule has 144 valence electrons. The van der Waals surface area contributed by atoms with E-state index in [-0.39, 0.29) is 16.8 Å². The van der Waals surface area contributed by atoms with Crippen LogP contribution in [0.25, 0.3) is 0 Å². The number of carbonyl (C=O) groups is 1. The minimum Gasteiger partial charge on any atom is -0.348 e. The smallest absolute Gasteiger partial charge is 0.251 e. The fourth-order valence-corrected chi connectivity index (χ4v) is 5.26. The van der Waals surface area contributed by atoms with Crippen molar-refractivity contribution in [2.75, 3.05) is 6.54 Å². The van der Waals surface area contributed by atoms with Crippen LogP contribution in [0, 0.1) is 0 Å². The minimum atomic E-state index is -3.52. The summed E-state index contributed by atoms with van der Waals surface area (Å²) >= 11 is 0. The molecule has 3 rings (SSSR count). The molecule has 1 aliphatic rings. The normalized spacial score (nSPS) is 18.2. The Hall–Kier alpha value is -2.18. The second-order valence-corrected chi connectivity index (χ2v) is 8.76. The number of nitrogens with zero attached hydrogens (tertiary/aromatic N) is 1. The van der Waals surface area contributed by atoms with Gasteiger partial charge >= 0.3 is 0 Å². The number of benzene rings is 2. The highest BCUT2D eigenvalue weighted by molar-refractivity contribution is 7.89. The fraction of sp³-hybridized carbons (Fsp3) is 0.381. The van der Waals surface area contributed by atoms with Gasteiger partial charge in [0.25, 0.3) is 5.91 Å². The Labute approximate surface area is 161 Å². The fourth-order valence-electron chi connectivity index (χ4n) is 3.49. The van der Waals surface area contributed by atoms with Gasteiger partial charge in [-0.2, -0.15) is 4.31 Å². The van der Waals surface area contributed by atoms with Gasteiger partial charge in [-0.05, 0) is 49.1 Å². The number of piperidine rings is 1. The van der Waals surface area contributed by atoms with Crippen molar-refractivity contribution in [3.8, 4) is 0 Å². The number of sulfonamides is 1. The van der Waals surface area contributed by atoms with Crippen molar-refractivity contribution < 1.29 is 13.2 Å². The number of hydrogen-bond acceptors (Lipinski definition) is 3. The van der Waals surface area contributed by atoms with E-state index in [1.54, 1.807) is 16.4 Å². The Bertz CT molecular complexity index is 864. The average molecular weight is 387 g/mol. The van der Waals surface area contributed by atoms with Crippen LogP contribution in [0.5, 0.6) is 0 Å². The van der Waals surface area contributed by atoms with E-state index in [4.69, 9.17) is 0 Å². The van der Waals surface area contributed by atoms with Crippen LogP contribution in [0.2, 0.25) is 0 Å². The van der Waals surface area contributed by atoms with Crippen molar-refractivity contribution in [3.05, 3.63) is 65.7 Å². The standard InChI is InChI=1S/C21H26N2O3S/c1-2-19-10-6-7-15-23(19)27(25,26)20-13-11-18(12-14-20)21(24)22-16-17-8-4-3-5-9-17/h3-5,8-9,11-14,19H,2,6-7,10,15-16H2,1H3,(H,22,24). The zero-order valence-corrected chi connectivity index (χ0v) is 16.4. The molecule has 1 unspecified atom stereocenters. The van der Waals surface area contributed by atoms with Gasteiger partial charge in [0.15, 0.2) is 0 Å². The van der Waals surface area contributed by atoms with E-state index < -0.39 is 10.0 Å². The first-order chi connectivity index (χ1) is 13.0. The van der Waals surface area contributed by atoms with E-state index in [9.17, 15) is 13.2 Å². The first-order valence-electron chi connectivity index (χ1n) is 9.46. The lowest BCUT2D eigenvalue weighted by molar-refractivity contribution is 0.0951. The largest absolute Gasteiger partial charge is 0.348 e. The number of rotatable bonds is 6. The zero-order valence-electron chi connectivity index (χ0n) is 15.6. The lowest BCUT2D eigenvalue weighted by Gasteiger charge is -2.34. The van der Waals surface area contributed by atoms with Crippen LogP contribution in [-0.4, -0.2) is 31.2 Å². The van der Waals surface area contributed by atoms with Gasteiger partial charge in [0.05, 0.1) is 4.90 Å². The number of carbonyl (C=O) groups excluding carboxylic acids is 1. The molecule has 0 radical (unpaired) electrons. The molecule has 0 bridgehead atoms. The Morgan fingerprint density at radius 2 is 1.78 bits per heavy atom. The summed E-state index contributed by atoms with van der Waals surface area (Å²) in [7, 11) is -3.52. The SMILES string of the molecule is CCC1CCCCN1S(=O)(=O)c1ccc(C(=O)NCc2ccccc2)cc1. The summed E-state index contributed by atoms with van der Waals surface area (Å²) in [6.45, 7) is 3.03. The Morgan fingerprint density at radius 1 is 1.07 bits per heavy atom. The molecular weight excluding hydrogens is 360 g/mol. The molecule has 0 aliphatic carbocycles. The molecule has 1 fully saturated rings. The molecule has 27 heavy (non-hydrogen) atoms. The summed E-state index contributed by atoms with van der Waals surface area (Å²) in [5.41, 5.74) is 1.47. The highest BCUT2D eigenvalue weighted by atomic mass is 32.2. The first kappa shape index (κ1) is 19.6. The number of amides is 1. The third kappa shape index (κ3) is 4.57. The van der Waals surface area contributed by atoms with Crippen LogP contribution < -0.4 is 5.32 Å². The molecule has 1 amide bonds. The van der Waals surface area contributed by atoms with Crippen molar-refractivity contribution in [2.24, 2.45) is 0 Å². The van der Waals surface area contributed by atoms with Gasteiger partial charge in [0.1, 0.15) is 0 Å². The molecule has 0 aromatic heterocycles. The zero-order chi connectivity index (χ0) is 19.3. The van der Waals surface area contributed by atoms with Crippen LogP contribution in [-0.2, 0) is 16.6 Å². The predicted octanol–water partition coefficient (Wildman–Crippen LogP) is 3.57. The van der Waals surface area contributed by atoms with Gasteiger partial charge in [0.2, 0.25) is 10.0 Å². The summed E-state index contributed by atoms with van der Waals surface area (Å²) < 4.78 is 27.6. The molecule has 1 aliphatic heterocycles. The van der Waals surface area contributed by atoms with Gasteiger partial charge in [0, 0.05) is 24.7 Å². The molecule has 1 N–H and O–H groups in total. The van der Waals surface area contributed by atoms with Crippen molar-refractivity contribution in [3.63, 3.8) is 0 Å². The molecule has 1 saturated heterocycles. The van der Waals surface area contributed by atoms with E-state index in [2.05, 4.69) is 5.32 Å². The molecule has 6 heteroatoms. The first-order valence-corrected chi connectivity index (χ1v) is 10.9. The van der Waals surface area contributed by atoms with Crippen LogP contribution in [0.3, 0.4) is 0 Å². The summed E-state index contributed by atoms with van der Waals surface area (Å²) in [6, 6.07) is 16.0. The van der Waals surface area contributed by atoms with E-state index in [1.165, 1.54) is 12.1 Å². The molecule has 0 spiro atoms. The topological polar surface area (TPSA) is 66.5 Å². The van der Waals surface area contributed by atoms with Gasteiger partial charge in [-0.1, -0.05) is 43.7 Å². The lowest BCUT2D eigenvalue weighted by atomic mass is 10.0. The Balaban J connectivity index is 1.69. The van der Waals surface area contributed by atoms with E-state index in [0.717, 1.165) is 31.2 Å². The second kappa shape index (κ2) is 8.67. The molecular formula is C21H26N2O3S.